The predicted molar refractivity (Wildman–Crippen MR) is 201 cm³/mol. The smallest absolute Gasteiger partial charge is 0.164 e. The van der Waals surface area contributed by atoms with Gasteiger partial charge in [0.1, 0.15) is 0 Å². The molecule has 0 unspecified atom stereocenters. The van der Waals surface area contributed by atoms with Gasteiger partial charge >= 0.3 is 0 Å². The lowest BCUT2D eigenvalue weighted by atomic mass is 10.0. The number of nitrogens with zero attached hydrogens (tertiary/aromatic N) is 4. The van der Waals surface area contributed by atoms with E-state index in [0.717, 1.165) is 39.0 Å². The van der Waals surface area contributed by atoms with E-state index in [0.29, 0.717) is 17.5 Å². The molecule has 0 aliphatic rings. The highest BCUT2D eigenvalue weighted by Gasteiger charge is 2.16. The van der Waals surface area contributed by atoms with Gasteiger partial charge < -0.3 is 4.57 Å². The molecule has 0 aliphatic carbocycles. The van der Waals surface area contributed by atoms with Crippen LogP contribution in [0.3, 0.4) is 0 Å². The van der Waals surface area contributed by atoms with Gasteiger partial charge in [0.05, 0.1) is 11.0 Å². The van der Waals surface area contributed by atoms with Gasteiger partial charge in [-0.25, -0.2) is 15.0 Å². The molecule has 4 nitrogen and oxygen atoms in total. The summed E-state index contributed by atoms with van der Waals surface area (Å²) in [5, 5.41) is 2.43. The van der Waals surface area contributed by atoms with Crippen LogP contribution in [0.15, 0.2) is 182 Å². The van der Waals surface area contributed by atoms with Crippen LogP contribution in [-0.2, 0) is 0 Å². The molecule has 2 aromatic heterocycles. The first-order chi connectivity index (χ1) is 24.3. The molecule has 0 saturated carbocycles. The standard InChI is InChI=1S/C45H30N4/c1-4-13-31(14-5-1)33-23-25-35(26-24-33)44-46-43(34-17-8-3-9-18-34)47-45(48-44)37-19-12-20-38(29-37)49-41-22-11-10-21-39(41)40-28-27-36(30-42(40)49)32-15-6-2-7-16-32/h1-30H. The molecule has 230 valence electrons. The molecular weight excluding hydrogens is 597 g/mol. The molecule has 9 aromatic rings. The monoisotopic (exact) mass is 626 g/mol. The fourth-order valence-corrected chi connectivity index (χ4v) is 6.64. The number of rotatable bonds is 6. The Kier molecular flexibility index (Phi) is 7.10. The van der Waals surface area contributed by atoms with Gasteiger partial charge in [-0.1, -0.05) is 158 Å². The molecule has 0 bridgehead atoms. The summed E-state index contributed by atoms with van der Waals surface area (Å²) >= 11 is 0. The Morgan fingerprint density at radius 3 is 1.41 bits per heavy atom. The second-order valence-electron chi connectivity index (χ2n) is 12.1. The van der Waals surface area contributed by atoms with Crippen molar-refractivity contribution in [3.05, 3.63) is 182 Å². The largest absolute Gasteiger partial charge is 0.309 e. The maximum Gasteiger partial charge on any atom is 0.164 e. The fraction of sp³-hybridized carbons (Fsp3) is 0. The van der Waals surface area contributed by atoms with E-state index >= 15 is 0 Å². The molecule has 0 radical (unpaired) electrons. The minimum absolute atomic E-state index is 0.628. The minimum Gasteiger partial charge on any atom is -0.309 e. The summed E-state index contributed by atoms with van der Waals surface area (Å²) in [5.74, 6) is 1.91. The average Bonchev–Trinajstić information content (AvgIpc) is 3.52. The van der Waals surface area contributed by atoms with Crippen LogP contribution in [0.1, 0.15) is 0 Å². The van der Waals surface area contributed by atoms with Gasteiger partial charge in [-0.15, -0.1) is 0 Å². The van der Waals surface area contributed by atoms with E-state index < -0.39 is 0 Å². The van der Waals surface area contributed by atoms with Crippen molar-refractivity contribution >= 4 is 21.8 Å². The van der Waals surface area contributed by atoms with Gasteiger partial charge in [0, 0.05) is 33.2 Å². The molecule has 0 fully saturated rings. The summed E-state index contributed by atoms with van der Waals surface area (Å²) in [5.41, 5.74) is 10.9. The molecular formula is C45H30N4. The van der Waals surface area contributed by atoms with Crippen LogP contribution in [0.2, 0.25) is 0 Å². The Hall–Kier alpha value is -6.65. The van der Waals surface area contributed by atoms with Crippen molar-refractivity contribution < 1.29 is 0 Å². The highest BCUT2D eigenvalue weighted by molar-refractivity contribution is 6.10. The summed E-state index contributed by atoms with van der Waals surface area (Å²) in [7, 11) is 0. The highest BCUT2D eigenvalue weighted by Crippen LogP contribution is 2.36. The molecule has 9 rings (SSSR count). The number of benzene rings is 7. The van der Waals surface area contributed by atoms with Crippen molar-refractivity contribution in [2.24, 2.45) is 0 Å². The van der Waals surface area contributed by atoms with Crippen LogP contribution in [0, 0.1) is 0 Å². The van der Waals surface area contributed by atoms with Crippen LogP contribution in [0.25, 0.3) is 83.9 Å². The molecule has 49 heavy (non-hydrogen) atoms. The van der Waals surface area contributed by atoms with Crippen LogP contribution >= 0.6 is 0 Å². The Bertz CT molecular complexity index is 2570. The zero-order valence-electron chi connectivity index (χ0n) is 26.6. The molecule has 0 saturated heterocycles. The van der Waals surface area contributed by atoms with E-state index in [1.54, 1.807) is 0 Å². The Balaban J connectivity index is 1.19. The normalized spacial score (nSPS) is 11.3. The number of hydrogen-bond donors (Lipinski definition) is 0. The lowest BCUT2D eigenvalue weighted by molar-refractivity contribution is 1.07. The molecule has 0 aliphatic heterocycles. The summed E-state index contributed by atoms with van der Waals surface area (Å²) in [6.07, 6.45) is 0. The molecule has 4 heteroatoms. The van der Waals surface area contributed by atoms with E-state index in [2.05, 4.69) is 150 Å². The SMILES string of the molecule is c1ccc(-c2ccc(-c3nc(-c4ccccc4)nc(-c4cccc(-n5c6ccccc6c6ccc(-c7ccccc7)cc65)c4)n3)cc2)cc1. The number of aromatic nitrogens is 4. The third-order valence-electron chi connectivity index (χ3n) is 9.06. The van der Waals surface area contributed by atoms with Crippen LogP contribution in [-0.4, -0.2) is 19.5 Å². The van der Waals surface area contributed by atoms with Crippen molar-refractivity contribution in [1.29, 1.82) is 0 Å². The lowest BCUT2D eigenvalue weighted by Crippen LogP contribution is -2.01. The van der Waals surface area contributed by atoms with Crippen molar-refractivity contribution in [1.82, 2.24) is 19.5 Å². The van der Waals surface area contributed by atoms with Crippen molar-refractivity contribution in [2.75, 3.05) is 0 Å². The maximum absolute atomic E-state index is 5.07. The molecule has 0 spiro atoms. The fourth-order valence-electron chi connectivity index (χ4n) is 6.64. The topological polar surface area (TPSA) is 43.6 Å². The van der Waals surface area contributed by atoms with Crippen molar-refractivity contribution in [3.8, 4) is 62.1 Å². The van der Waals surface area contributed by atoms with E-state index in [1.165, 1.54) is 27.5 Å². The van der Waals surface area contributed by atoms with Gasteiger partial charge in [0.15, 0.2) is 17.5 Å². The second-order valence-corrected chi connectivity index (χ2v) is 12.1. The first-order valence-corrected chi connectivity index (χ1v) is 16.5. The van der Waals surface area contributed by atoms with Gasteiger partial charge in [-0.05, 0) is 46.5 Å². The van der Waals surface area contributed by atoms with Gasteiger partial charge in [-0.2, -0.15) is 0 Å². The van der Waals surface area contributed by atoms with E-state index in [9.17, 15) is 0 Å². The van der Waals surface area contributed by atoms with Gasteiger partial charge in [0.2, 0.25) is 0 Å². The lowest BCUT2D eigenvalue weighted by Gasteiger charge is -2.12. The van der Waals surface area contributed by atoms with Crippen LogP contribution < -0.4 is 0 Å². The van der Waals surface area contributed by atoms with Crippen molar-refractivity contribution in [2.45, 2.75) is 0 Å². The molecule has 7 aromatic carbocycles. The third-order valence-corrected chi connectivity index (χ3v) is 9.06. The quantitative estimate of drug-likeness (QED) is 0.184. The number of hydrogen-bond acceptors (Lipinski definition) is 3. The summed E-state index contributed by atoms with van der Waals surface area (Å²) < 4.78 is 2.35. The van der Waals surface area contributed by atoms with Gasteiger partial charge in [0.25, 0.3) is 0 Å². The van der Waals surface area contributed by atoms with E-state index in [4.69, 9.17) is 15.0 Å². The van der Waals surface area contributed by atoms with E-state index in [-0.39, 0.29) is 0 Å². The third kappa shape index (κ3) is 5.35. The zero-order valence-corrected chi connectivity index (χ0v) is 26.6. The summed E-state index contributed by atoms with van der Waals surface area (Å²) in [6, 6.07) is 63.4. The average molecular weight is 627 g/mol. The number of para-hydroxylation sites is 1. The molecule has 0 N–H and O–H groups in total. The zero-order chi connectivity index (χ0) is 32.6. The molecule has 2 heterocycles. The Morgan fingerprint density at radius 2 is 0.735 bits per heavy atom. The Morgan fingerprint density at radius 1 is 0.286 bits per heavy atom. The van der Waals surface area contributed by atoms with Gasteiger partial charge in [-0.3, -0.25) is 0 Å². The first kappa shape index (κ1) is 28.6. The summed E-state index contributed by atoms with van der Waals surface area (Å²) in [4.78, 5) is 15.1. The Labute approximate surface area is 284 Å². The maximum atomic E-state index is 5.07. The van der Waals surface area contributed by atoms with Crippen LogP contribution in [0.5, 0.6) is 0 Å². The molecule has 0 atom stereocenters. The second kappa shape index (κ2) is 12.2. The minimum atomic E-state index is 0.628. The molecule has 0 amide bonds. The van der Waals surface area contributed by atoms with E-state index in [1.807, 2.05) is 36.4 Å². The first-order valence-electron chi connectivity index (χ1n) is 16.5. The van der Waals surface area contributed by atoms with Crippen LogP contribution in [0.4, 0.5) is 0 Å². The highest BCUT2D eigenvalue weighted by atomic mass is 15.0. The predicted octanol–water partition coefficient (Wildman–Crippen LogP) is 11.3. The summed E-state index contributed by atoms with van der Waals surface area (Å²) in [6.45, 7) is 0. The van der Waals surface area contributed by atoms with Crippen molar-refractivity contribution in [3.63, 3.8) is 0 Å². The number of fused-ring (bicyclic) bond motifs is 3.